The number of aromatic nitrogens is 1. The first kappa shape index (κ1) is 12.0. The van der Waals surface area contributed by atoms with E-state index in [0.717, 1.165) is 5.69 Å². The molecule has 0 saturated carbocycles. The van der Waals surface area contributed by atoms with Crippen LogP contribution in [0.15, 0.2) is 36.5 Å². The minimum atomic E-state index is 0.209. The van der Waals surface area contributed by atoms with Gasteiger partial charge in [-0.2, -0.15) is 0 Å². The molecule has 0 atom stereocenters. The Bertz CT molecular complexity index is 563. The highest BCUT2D eigenvalue weighted by Gasteiger charge is 2.12. The normalized spacial score (nSPS) is 13.9. The van der Waals surface area contributed by atoms with Crippen LogP contribution in [0.4, 0.5) is 5.69 Å². The molecular formula is C16H18N2O. The zero-order valence-corrected chi connectivity index (χ0v) is 10.9. The van der Waals surface area contributed by atoms with Gasteiger partial charge in [0.1, 0.15) is 5.75 Å². The van der Waals surface area contributed by atoms with Gasteiger partial charge in [0.15, 0.2) is 0 Å². The van der Waals surface area contributed by atoms with E-state index in [0.29, 0.717) is 6.54 Å². The first-order valence-electron chi connectivity index (χ1n) is 6.81. The van der Waals surface area contributed by atoms with Crippen molar-refractivity contribution in [2.24, 2.45) is 0 Å². The molecule has 0 saturated heterocycles. The summed E-state index contributed by atoms with van der Waals surface area (Å²) in [6, 6.07) is 10.0. The van der Waals surface area contributed by atoms with Crippen molar-refractivity contribution in [1.82, 2.24) is 4.98 Å². The highest BCUT2D eigenvalue weighted by atomic mass is 16.3. The summed E-state index contributed by atoms with van der Waals surface area (Å²) in [6.45, 7) is 0.691. The predicted molar refractivity (Wildman–Crippen MR) is 76.3 cm³/mol. The Morgan fingerprint density at radius 1 is 1.11 bits per heavy atom. The third-order valence-corrected chi connectivity index (χ3v) is 3.67. The molecule has 0 bridgehead atoms. The van der Waals surface area contributed by atoms with Gasteiger partial charge in [0.2, 0.25) is 0 Å². The molecule has 0 spiro atoms. The fraction of sp³-hybridized carbons (Fsp3) is 0.312. The van der Waals surface area contributed by atoms with Crippen molar-refractivity contribution in [3.8, 4) is 5.75 Å². The Morgan fingerprint density at radius 3 is 2.84 bits per heavy atom. The van der Waals surface area contributed by atoms with Gasteiger partial charge >= 0.3 is 0 Å². The molecule has 1 aromatic heterocycles. The van der Waals surface area contributed by atoms with Crippen molar-refractivity contribution in [2.75, 3.05) is 5.32 Å². The summed E-state index contributed by atoms with van der Waals surface area (Å²) >= 11 is 0. The lowest BCUT2D eigenvalue weighted by atomic mass is 9.90. The van der Waals surface area contributed by atoms with E-state index >= 15 is 0 Å². The second-order valence-electron chi connectivity index (χ2n) is 5.01. The van der Waals surface area contributed by atoms with Gasteiger partial charge in [0, 0.05) is 5.69 Å². The molecule has 3 rings (SSSR count). The van der Waals surface area contributed by atoms with Gasteiger partial charge in [0.25, 0.3) is 0 Å². The second-order valence-corrected chi connectivity index (χ2v) is 5.01. The van der Waals surface area contributed by atoms with Crippen LogP contribution in [0.3, 0.4) is 0 Å². The zero-order valence-electron chi connectivity index (χ0n) is 10.9. The molecule has 3 nitrogen and oxygen atoms in total. The number of fused-ring (bicyclic) bond motifs is 1. The maximum absolute atomic E-state index is 9.22. The lowest BCUT2D eigenvalue weighted by Crippen LogP contribution is -2.09. The van der Waals surface area contributed by atoms with Crippen molar-refractivity contribution < 1.29 is 5.11 Å². The Morgan fingerprint density at radius 2 is 2.00 bits per heavy atom. The van der Waals surface area contributed by atoms with Crippen LogP contribution in [0.5, 0.6) is 5.75 Å². The Hall–Kier alpha value is -2.03. The SMILES string of the molecule is Oc1ccc(CNc2cccc3c2CCCC3)nc1. The minimum Gasteiger partial charge on any atom is -0.506 e. The molecule has 2 N–H and O–H groups in total. The fourth-order valence-electron chi connectivity index (χ4n) is 2.65. The largest absolute Gasteiger partial charge is 0.506 e. The maximum Gasteiger partial charge on any atom is 0.133 e. The van der Waals surface area contributed by atoms with Crippen LogP contribution < -0.4 is 5.32 Å². The average Bonchev–Trinajstić information content (AvgIpc) is 2.47. The highest BCUT2D eigenvalue weighted by Crippen LogP contribution is 2.28. The average molecular weight is 254 g/mol. The third-order valence-electron chi connectivity index (χ3n) is 3.67. The summed E-state index contributed by atoms with van der Waals surface area (Å²) < 4.78 is 0. The Kier molecular flexibility index (Phi) is 3.36. The van der Waals surface area contributed by atoms with Gasteiger partial charge < -0.3 is 10.4 Å². The molecule has 1 aliphatic rings. The minimum absolute atomic E-state index is 0.209. The van der Waals surface area contributed by atoms with Gasteiger partial charge in [-0.25, -0.2) is 0 Å². The Labute approximate surface area is 113 Å². The summed E-state index contributed by atoms with van der Waals surface area (Å²) in [6.07, 6.45) is 6.43. The molecule has 0 aliphatic heterocycles. The molecule has 0 unspecified atom stereocenters. The third kappa shape index (κ3) is 2.70. The maximum atomic E-state index is 9.22. The standard InChI is InChI=1S/C16H18N2O/c19-14-9-8-13(17-11-14)10-18-16-7-3-5-12-4-1-2-6-15(12)16/h3,5,7-9,11,18-19H,1-2,4,6,10H2. The van der Waals surface area contributed by atoms with Gasteiger partial charge in [0.05, 0.1) is 18.4 Å². The van der Waals surface area contributed by atoms with E-state index in [1.165, 1.54) is 48.7 Å². The summed E-state index contributed by atoms with van der Waals surface area (Å²) in [5.41, 5.74) is 5.11. The van der Waals surface area contributed by atoms with Crippen LogP contribution >= 0.6 is 0 Å². The van der Waals surface area contributed by atoms with E-state index in [1.807, 2.05) is 6.07 Å². The van der Waals surface area contributed by atoms with Crippen LogP contribution in [0.25, 0.3) is 0 Å². The number of aryl methyl sites for hydroxylation is 1. The van der Waals surface area contributed by atoms with E-state index in [1.54, 1.807) is 6.07 Å². The smallest absolute Gasteiger partial charge is 0.133 e. The molecule has 0 fully saturated rings. The van der Waals surface area contributed by atoms with E-state index < -0.39 is 0 Å². The number of rotatable bonds is 3. The van der Waals surface area contributed by atoms with Crippen molar-refractivity contribution >= 4 is 5.69 Å². The topological polar surface area (TPSA) is 45.1 Å². The van der Waals surface area contributed by atoms with Crippen LogP contribution in [0, 0.1) is 0 Å². The van der Waals surface area contributed by atoms with E-state index in [-0.39, 0.29) is 5.75 Å². The molecule has 3 heteroatoms. The van der Waals surface area contributed by atoms with Gasteiger partial charge in [-0.05, 0) is 55.0 Å². The fourth-order valence-corrected chi connectivity index (χ4v) is 2.65. The number of benzene rings is 1. The van der Waals surface area contributed by atoms with Crippen LogP contribution in [0.1, 0.15) is 29.7 Å². The number of nitrogens with one attached hydrogen (secondary N) is 1. The summed E-state index contributed by atoms with van der Waals surface area (Å²) in [5, 5.41) is 12.7. The number of anilines is 1. The monoisotopic (exact) mass is 254 g/mol. The molecule has 1 heterocycles. The molecule has 1 aliphatic carbocycles. The molecular weight excluding hydrogens is 236 g/mol. The van der Waals surface area contributed by atoms with Gasteiger partial charge in [-0.15, -0.1) is 0 Å². The van der Waals surface area contributed by atoms with Crippen molar-refractivity contribution in [1.29, 1.82) is 0 Å². The van der Waals surface area contributed by atoms with Gasteiger partial charge in [-0.1, -0.05) is 12.1 Å². The molecule has 98 valence electrons. The van der Waals surface area contributed by atoms with Crippen molar-refractivity contribution in [3.63, 3.8) is 0 Å². The quantitative estimate of drug-likeness (QED) is 0.883. The number of pyridine rings is 1. The van der Waals surface area contributed by atoms with Crippen LogP contribution in [-0.4, -0.2) is 10.1 Å². The van der Waals surface area contributed by atoms with Gasteiger partial charge in [-0.3, -0.25) is 4.98 Å². The zero-order chi connectivity index (χ0) is 13.1. The second kappa shape index (κ2) is 5.31. The van der Waals surface area contributed by atoms with Crippen LogP contribution in [-0.2, 0) is 19.4 Å². The van der Waals surface area contributed by atoms with Crippen molar-refractivity contribution in [3.05, 3.63) is 53.3 Å². The predicted octanol–water partition coefficient (Wildman–Crippen LogP) is 3.28. The highest BCUT2D eigenvalue weighted by molar-refractivity contribution is 5.55. The van der Waals surface area contributed by atoms with E-state index in [9.17, 15) is 5.11 Å². The van der Waals surface area contributed by atoms with Crippen LogP contribution in [0.2, 0.25) is 0 Å². The molecule has 0 radical (unpaired) electrons. The number of nitrogens with zero attached hydrogens (tertiary/aromatic N) is 1. The lowest BCUT2D eigenvalue weighted by molar-refractivity contribution is 0.472. The Balaban J connectivity index is 1.75. The summed E-state index contributed by atoms with van der Waals surface area (Å²) in [7, 11) is 0. The number of aromatic hydroxyl groups is 1. The molecule has 19 heavy (non-hydrogen) atoms. The summed E-state index contributed by atoms with van der Waals surface area (Å²) in [5.74, 6) is 0.209. The number of hydrogen-bond acceptors (Lipinski definition) is 3. The first-order chi connectivity index (χ1) is 9.33. The molecule has 0 amide bonds. The number of hydrogen-bond donors (Lipinski definition) is 2. The summed E-state index contributed by atoms with van der Waals surface area (Å²) in [4.78, 5) is 4.19. The van der Waals surface area contributed by atoms with E-state index in [2.05, 4.69) is 28.5 Å². The van der Waals surface area contributed by atoms with E-state index in [4.69, 9.17) is 0 Å². The lowest BCUT2D eigenvalue weighted by Gasteiger charge is -2.20. The first-order valence-corrected chi connectivity index (χ1v) is 6.81. The molecule has 2 aromatic rings. The van der Waals surface area contributed by atoms with Crippen molar-refractivity contribution in [2.45, 2.75) is 32.2 Å². The molecule has 1 aromatic carbocycles.